The Morgan fingerprint density at radius 1 is 1.15 bits per heavy atom. The highest BCUT2D eigenvalue weighted by molar-refractivity contribution is 6.07. The predicted octanol–water partition coefficient (Wildman–Crippen LogP) is 2.27. The van der Waals surface area contributed by atoms with Gasteiger partial charge in [-0.2, -0.15) is 5.10 Å². The molecule has 4 rings (SSSR count). The van der Waals surface area contributed by atoms with E-state index in [1.807, 2.05) is 37.3 Å². The van der Waals surface area contributed by atoms with Crippen molar-refractivity contribution in [3.05, 3.63) is 47.7 Å². The second kappa shape index (κ2) is 6.76. The first-order valence-corrected chi connectivity index (χ1v) is 8.76. The summed E-state index contributed by atoms with van der Waals surface area (Å²) in [5.41, 5.74) is 3.38. The van der Waals surface area contributed by atoms with E-state index in [0.717, 1.165) is 42.8 Å². The van der Waals surface area contributed by atoms with E-state index in [4.69, 9.17) is 0 Å². The second-order valence-corrected chi connectivity index (χ2v) is 6.77. The average Bonchev–Trinajstić information content (AvgIpc) is 3.04. The zero-order chi connectivity index (χ0) is 18.1. The molecule has 1 fully saturated rings. The maximum absolute atomic E-state index is 12.6. The Labute approximate surface area is 152 Å². The van der Waals surface area contributed by atoms with E-state index in [-0.39, 0.29) is 5.91 Å². The van der Waals surface area contributed by atoms with Gasteiger partial charge in [0.25, 0.3) is 5.91 Å². The molecule has 0 saturated carbocycles. The van der Waals surface area contributed by atoms with Crippen LogP contribution in [0.2, 0.25) is 0 Å². The van der Waals surface area contributed by atoms with Crippen molar-refractivity contribution in [2.45, 2.75) is 6.92 Å². The van der Waals surface area contributed by atoms with Gasteiger partial charge < -0.3 is 15.1 Å². The molecule has 0 aliphatic carbocycles. The fourth-order valence-electron chi connectivity index (χ4n) is 3.17. The number of nitrogens with one attached hydrogen (secondary N) is 2. The van der Waals surface area contributed by atoms with Crippen LogP contribution in [0.1, 0.15) is 15.9 Å². The monoisotopic (exact) mass is 350 g/mol. The fourth-order valence-corrected chi connectivity index (χ4v) is 3.17. The van der Waals surface area contributed by atoms with Crippen molar-refractivity contribution in [3.63, 3.8) is 0 Å². The quantitative estimate of drug-likeness (QED) is 0.758. The molecule has 1 amide bonds. The van der Waals surface area contributed by atoms with E-state index in [2.05, 4.69) is 37.3 Å². The number of aromatic nitrogens is 3. The molecule has 134 valence electrons. The van der Waals surface area contributed by atoms with Gasteiger partial charge in [0.2, 0.25) is 0 Å². The van der Waals surface area contributed by atoms with Gasteiger partial charge in [0, 0.05) is 43.6 Å². The van der Waals surface area contributed by atoms with Gasteiger partial charge in [-0.3, -0.25) is 9.89 Å². The van der Waals surface area contributed by atoms with Crippen LogP contribution >= 0.6 is 0 Å². The average molecular weight is 350 g/mol. The van der Waals surface area contributed by atoms with E-state index in [0.29, 0.717) is 17.0 Å². The Morgan fingerprint density at radius 3 is 2.62 bits per heavy atom. The van der Waals surface area contributed by atoms with Gasteiger partial charge in [-0.1, -0.05) is 0 Å². The third kappa shape index (κ3) is 3.25. The first-order chi connectivity index (χ1) is 12.6. The van der Waals surface area contributed by atoms with Crippen molar-refractivity contribution in [2.75, 3.05) is 43.4 Å². The number of hydrogen-bond acceptors (Lipinski definition) is 5. The largest absolute Gasteiger partial charge is 0.369 e. The maximum atomic E-state index is 12.6. The van der Waals surface area contributed by atoms with E-state index in [1.54, 1.807) is 6.20 Å². The van der Waals surface area contributed by atoms with E-state index >= 15 is 0 Å². The smallest absolute Gasteiger partial charge is 0.256 e. The lowest BCUT2D eigenvalue weighted by Crippen LogP contribution is -2.44. The maximum Gasteiger partial charge on any atom is 0.256 e. The van der Waals surface area contributed by atoms with Crippen LogP contribution in [0, 0.1) is 6.92 Å². The molecule has 3 heterocycles. The number of H-pyrrole nitrogens is 1. The molecule has 7 nitrogen and oxygen atoms in total. The number of rotatable bonds is 3. The highest BCUT2D eigenvalue weighted by atomic mass is 16.1. The van der Waals surface area contributed by atoms with Crippen LogP contribution in [0.4, 0.5) is 11.5 Å². The zero-order valence-corrected chi connectivity index (χ0v) is 15.0. The third-order valence-corrected chi connectivity index (χ3v) is 4.78. The van der Waals surface area contributed by atoms with Crippen LogP contribution in [-0.2, 0) is 0 Å². The third-order valence-electron chi connectivity index (χ3n) is 4.78. The van der Waals surface area contributed by atoms with Crippen molar-refractivity contribution >= 4 is 28.4 Å². The predicted molar refractivity (Wildman–Crippen MR) is 103 cm³/mol. The van der Waals surface area contributed by atoms with E-state index in [9.17, 15) is 4.79 Å². The minimum absolute atomic E-state index is 0.165. The summed E-state index contributed by atoms with van der Waals surface area (Å²) in [5.74, 6) is 0.409. The lowest BCUT2D eigenvalue weighted by atomic mass is 10.1. The highest BCUT2D eigenvalue weighted by Crippen LogP contribution is 2.21. The first kappa shape index (κ1) is 16.5. The number of benzene rings is 1. The van der Waals surface area contributed by atoms with E-state index < -0.39 is 0 Å². The Kier molecular flexibility index (Phi) is 4.30. The van der Waals surface area contributed by atoms with Crippen molar-refractivity contribution in [2.24, 2.45) is 0 Å². The molecule has 1 aliphatic heterocycles. The number of fused-ring (bicyclic) bond motifs is 1. The van der Waals surface area contributed by atoms with Gasteiger partial charge in [0.05, 0.1) is 5.39 Å². The number of pyridine rings is 1. The number of nitrogens with zero attached hydrogens (tertiary/aromatic N) is 4. The standard InChI is InChI=1S/C19H22N6O/c1-13-11-16-17(20-12-13)22-23-18(16)21-19(26)14-3-5-15(6-4-14)25-9-7-24(2)8-10-25/h3-6,11-12H,7-10H2,1-2H3,(H2,20,21,22,23,26). The Balaban J connectivity index is 1.48. The van der Waals surface area contributed by atoms with Gasteiger partial charge in [-0.25, -0.2) is 4.98 Å². The fraction of sp³-hybridized carbons (Fsp3) is 0.316. The minimum atomic E-state index is -0.165. The van der Waals surface area contributed by atoms with Gasteiger partial charge in [-0.05, 0) is 49.9 Å². The summed E-state index contributed by atoms with van der Waals surface area (Å²) in [6.45, 7) is 6.09. The molecular weight excluding hydrogens is 328 g/mol. The van der Waals surface area contributed by atoms with Gasteiger partial charge in [0.1, 0.15) is 5.82 Å². The number of amides is 1. The van der Waals surface area contributed by atoms with Crippen LogP contribution in [0.25, 0.3) is 11.0 Å². The van der Waals surface area contributed by atoms with Crippen LogP contribution in [0.5, 0.6) is 0 Å². The van der Waals surface area contributed by atoms with Crippen LogP contribution < -0.4 is 10.2 Å². The first-order valence-electron chi connectivity index (χ1n) is 8.76. The topological polar surface area (TPSA) is 77.1 Å². The summed E-state index contributed by atoms with van der Waals surface area (Å²) in [4.78, 5) is 21.5. The molecule has 26 heavy (non-hydrogen) atoms. The molecular formula is C19H22N6O. The Bertz CT molecular complexity index is 925. The number of aromatic amines is 1. The summed E-state index contributed by atoms with van der Waals surface area (Å²) in [6, 6.07) is 9.71. The van der Waals surface area contributed by atoms with Crippen LogP contribution in [-0.4, -0.2) is 59.2 Å². The molecule has 1 aliphatic rings. The summed E-state index contributed by atoms with van der Waals surface area (Å²) in [6.07, 6.45) is 1.76. The van der Waals surface area contributed by atoms with Crippen molar-refractivity contribution in [1.82, 2.24) is 20.1 Å². The molecule has 0 atom stereocenters. The number of likely N-dealkylation sites (N-methyl/N-ethyl adjacent to an activating group) is 1. The number of aryl methyl sites for hydroxylation is 1. The normalized spacial score (nSPS) is 15.4. The number of anilines is 2. The van der Waals surface area contributed by atoms with Crippen molar-refractivity contribution in [1.29, 1.82) is 0 Å². The molecule has 0 unspecified atom stereocenters. The summed E-state index contributed by atoms with van der Waals surface area (Å²) in [7, 11) is 2.14. The molecule has 7 heteroatoms. The lowest BCUT2D eigenvalue weighted by Gasteiger charge is -2.34. The van der Waals surface area contributed by atoms with Crippen LogP contribution in [0.3, 0.4) is 0 Å². The lowest BCUT2D eigenvalue weighted by molar-refractivity contribution is 0.102. The second-order valence-electron chi connectivity index (χ2n) is 6.77. The van der Waals surface area contributed by atoms with Crippen molar-refractivity contribution in [3.8, 4) is 0 Å². The minimum Gasteiger partial charge on any atom is -0.369 e. The Hall–Kier alpha value is -2.93. The highest BCUT2D eigenvalue weighted by Gasteiger charge is 2.15. The molecule has 0 bridgehead atoms. The summed E-state index contributed by atoms with van der Waals surface area (Å²) < 4.78 is 0. The van der Waals surface area contributed by atoms with E-state index in [1.165, 1.54) is 0 Å². The molecule has 1 aromatic carbocycles. The molecule has 0 spiro atoms. The number of carbonyl (C=O) groups excluding carboxylic acids is 1. The van der Waals surface area contributed by atoms with Crippen molar-refractivity contribution < 1.29 is 4.79 Å². The summed E-state index contributed by atoms with van der Waals surface area (Å²) in [5, 5.41) is 10.7. The summed E-state index contributed by atoms with van der Waals surface area (Å²) >= 11 is 0. The Morgan fingerprint density at radius 2 is 1.88 bits per heavy atom. The molecule has 0 radical (unpaired) electrons. The number of carbonyl (C=O) groups is 1. The molecule has 1 saturated heterocycles. The van der Waals surface area contributed by atoms with Gasteiger partial charge >= 0.3 is 0 Å². The molecule has 2 aromatic heterocycles. The zero-order valence-electron chi connectivity index (χ0n) is 15.0. The number of hydrogen-bond donors (Lipinski definition) is 2. The van der Waals surface area contributed by atoms with Gasteiger partial charge in [0.15, 0.2) is 5.65 Å². The number of piperazine rings is 1. The molecule has 3 aromatic rings. The SMILES string of the molecule is Cc1cnc2n[nH]c(NC(=O)c3ccc(N4CCN(C)CC4)cc3)c2c1. The molecule has 2 N–H and O–H groups in total. The van der Waals surface area contributed by atoms with Crippen LogP contribution in [0.15, 0.2) is 36.5 Å². The van der Waals surface area contributed by atoms with Gasteiger partial charge in [-0.15, -0.1) is 0 Å².